The molecule has 8 nitrogen and oxygen atoms in total. The zero-order chi connectivity index (χ0) is 25.6. The number of benzene rings is 3. The summed E-state index contributed by atoms with van der Waals surface area (Å²) in [5.74, 6) is 0.137. The van der Waals surface area contributed by atoms with Crippen molar-refractivity contribution in [3.8, 4) is 17.2 Å². The number of ether oxygens (including phenoxy) is 2. The highest BCUT2D eigenvalue weighted by molar-refractivity contribution is 9.10. The zero-order valence-corrected chi connectivity index (χ0v) is 23.0. The number of amides is 1. The fraction of sp³-hybridized carbons (Fsp3) is 0.167. The Labute approximate surface area is 220 Å². The van der Waals surface area contributed by atoms with Gasteiger partial charge in [-0.25, -0.2) is 5.43 Å². The maximum Gasteiger partial charge on any atom is 0.339 e. The highest BCUT2D eigenvalue weighted by Gasteiger charge is 2.22. The topological polar surface area (TPSA) is 103 Å². The van der Waals surface area contributed by atoms with E-state index in [4.69, 9.17) is 13.7 Å². The Morgan fingerprint density at radius 2 is 1.77 bits per heavy atom. The van der Waals surface area contributed by atoms with Gasteiger partial charge in [0.05, 0.1) is 30.0 Å². The van der Waals surface area contributed by atoms with Crippen LogP contribution < -0.4 is 19.1 Å². The monoisotopic (exact) mass is 624 g/mol. The molecule has 0 bridgehead atoms. The first-order valence-corrected chi connectivity index (χ1v) is 13.3. The van der Waals surface area contributed by atoms with Crippen molar-refractivity contribution in [3.63, 3.8) is 0 Å². The first-order chi connectivity index (χ1) is 16.6. The third-order valence-corrected chi connectivity index (χ3v) is 6.94. The number of hydrogen-bond acceptors (Lipinski definition) is 7. The second-order valence-electron chi connectivity index (χ2n) is 7.16. The lowest BCUT2D eigenvalue weighted by molar-refractivity contribution is 0.0952. The van der Waals surface area contributed by atoms with Crippen LogP contribution in [-0.2, 0) is 10.1 Å². The molecule has 1 amide bonds. The van der Waals surface area contributed by atoms with Crippen LogP contribution in [0.4, 0.5) is 0 Å². The molecular weight excluding hydrogens is 604 g/mol. The molecule has 0 atom stereocenters. The number of halogens is 2. The summed E-state index contributed by atoms with van der Waals surface area (Å²) in [6.07, 6.45) is 1.40. The second kappa shape index (κ2) is 11.7. The Morgan fingerprint density at radius 3 is 2.43 bits per heavy atom. The summed E-state index contributed by atoms with van der Waals surface area (Å²) in [7, 11) is -2.62. The lowest BCUT2D eigenvalue weighted by atomic mass is 10.2. The van der Waals surface area contributed by atoms with Gasteiger partial charge in [-0.3, -0.25) is 4.79 Å². The summed E-state index contributed by atoms with van der Waals surface area (Å²) in [6.45, 7) is 3.89. The van der Waals surface area contributed by atoms with Crippen LogP contribution in [0, 0.1) is 6.92 Å². The van der Waals surface area contributed by atoms with E-state index in [0.29, 0.717) is 25.8 Å². The van der Waals surface area contributed by atoms with Gasteiger partial charge in [0.2, 0.25) is 0 Å². The molecule has 0 spiro atoms. The van der Waals surface area contributed by atoms with E-state index in [-0.39, 0.29) is 23.0 Å². The Bertz CT molecular complexity index is 1360. The maximum atomic E-state index is 12.8. The average Bonchev–Trinajstić information content (AvgIpc) is 2.81. The normalized spacial score (nSPS) is 11.3. The summed E-state index contributed by atoms with van der Waals surface area (Å²) in [5, 5.41) is 3.99. The van der Waals surface area contributed by atoms with Crippen LogP contribution in [0.5, 0.6) is 17.2 Å². The predicted octanol–water partition coefficient (Wildman–Crippen LogP) is 5.46. The van der Waals surface area contributed by atoms with Crippen LogP contribution in [0.15, 0.2) is 73.5 Å². The summed E-state index contributed by atoms with van der Waals surface area (Å²) in [6, 6.07) is 14.5. The molecule has 0 heterocycles. The molecule has 35 heavy (non-hydrogen) atoms. The molecule has 0 aliphatic carbocycles. The molecule has 0 aliphatic heterocycles. The third-order valence-electron chi connectivity index (χ3n) is 4.62. The van der Waals surface area contributed by atoms with E-state index in [1.807, 2.05) is 6.92 Å². The van der Waals surface area contributed by atoms with Gasteiger partial charge >= 0.3 is 10.1 Å². The highest BCUT2D eigenvalue weighted by atomic mass is 79.9. The SMILES string of the molecule is CCOc1cc(/C=N\NC(=O)c2cc(Br)ccc2OC)cc(Br)c1OS(=O)(=O)c1ccc(C)cc1. The Morgan fingerprint density at radius 1 is 1.06 bits per heavy atom. The fourth-order valence-corrected chi connectivity index (χ4v) is 4.92. The summed E-state index contributed by atoms with van der Waals surface area (Å²) in [4.78, 5) is 12.5. The molecule has 11 heteroatoms. The van der Waals surface area contributed by atoms with E-state index >= 15 is 0 Å². The smallest absolute Gasteiger partial charge is 0.339 e. The van der Waals surface area contributed by atoms with Gasteiger partial charge in [0.15, 0.2) is 11.5 Å². The minimum absolute atomic E-state index is 0.00693. The van der Waals surface area contributed by atoms with Gasteiger partial charge in [-0.05, 0) is 77.8 Å². The number of aryl methyl sites for hydroxylation is 1. The van der Waals surface area contributed by atoms with Crippen molar-refractivity contribution in [2.45, 2.75) is 18.7 Å². The lowest BCUT2D eigenvalue weighted by Gasteiger charge is -2.14. The molecule has 0 radical (unpaired) electrons. The highest BCUT2D eigenvalue weighted by Crippen LogP contribution is 2.38. The first-order valence-electron chi connectivity index (χ1n) is 10.3. The molecule has 0 saturated carbocycles. The zero-order valence-electron chi connectivity index (χ0n) is 19.0. The molecule has 3 aromatic rings. The van der Waals surface area contributed by atoms with Gasteiger partial charge in [-0.15, -0.1) is 0 Å². The molecule has 1 N–H and O–H groups in total. The van der Waals surface area contributed by atoms with E-state index in [1.165, 1.54) is 25.5 Å². The van der Waals surface area contributed by atoms with E-state index in [0.717, 1.165) is 5.56 Å². The van der Waals surface area contributed by atoms with E-state index in [2.05, 4.69) is 42.4 Å². The van der Waals surface area contributed by atoms with Crippen LogP contribution in [0.2, 0.25) is 0 Å². The van der Waals surface area contributed by atoms with Crippen LogP contribution in [0.1, 0.15) is 28.4 Å². The summed E-state index contributed by atoms with van der Waals surface area (Å²) in [5.41, 5.74) is 4.21. The number of nitrogens with one attached hydrogen (secondary N) is 1. The summed E-state index contributed by atoms with van der Waals surface area (Å²) < 4.78 is 42.8. The average molecular weight is 626 g/mol. The van der Waals surface area contributed by atoms with E-state index in [1.54, 1.807) is 49.4 Å². The van der Waals surface area contributed by atoms with Crippen molar-refractivity contribution >= 4 is 54.1 Å². The summed E-state index contributed by atoms with van der Waals surface area (Å²) >= 11 is 6.68. The Kier molecular flexibility index (Phi) is 8.92. The quantitative estimate of drug-likeness (QED) is 0.192. The molecule has 0 aromatic heterocycles. The van der Waals surface area contributed by atoms with Gasteiger partial charge in [0.1, 0.15) is 10.6 Å². The van der Waals surface area contributed by atoms with Crippen molar-refractivity contribution in [1.82, 2.24) is 5.43 Å². The molecule has 0 fully saturated rings. The fourth-order valence-electron chi connectivity index (χ4n) is 2.95. The van der Waals surface area contributed by atoms with Gasteiger partial charge in [-0.2, -0.15) is 13.5 Å². The molecule has 0 unspecified atom stereocenters. The Hall–Kier alpha value is -2.89. The van der Waals surface area contributed by atoms with Crippen LogP contribution >= 0.6 is 31.9 Å². The standard InChI is InChI=1S/C24H22Br2N2O6S/c1-4-33-22-12-16(14-27-28-24(29)19-13-17(25)7-10-21(19)32-3)11-20(26)23(22)34-35(30,31)18-8-5-15(2)6-9-18/h5-14H,4H2,1-3H3,(H,28,29)/b27-14-. The molecule has 0 saturated heterocycles. The number of carbonyl (C=O) groups excluding carboxylic acids is 1. The molecule has 184 valence electrons. The van der Waals surface area contributed by atoms with Gasteiger partial charge in [0.25, 0.3) is 5.91 Å². The van der Waals surface area contributed by atoms with Crippen molar-refractivity contribution in [2.75, 3.05) is 13.7 Å². The van der Waals surface area contributed by atoms with Crippen LogP contribution in [0.3, 0.4) is 0 Å². The van der Waals surface area contributed by atoms with Crippen molar-refractivity contribution < 1.29 is 26.9 Å². The molecular formula is C24H22Br2N2O6S. The number of rotatable bonds is 9. The first kappa shape index (κ1) is 26.7. The van der Waals surface area contributed by atoms with Gasteiger partial charge in [-0.1, -0.05) is 33.6 Å². The number of hydrogen-bond donors (Lipinski definition) is 1. The number of methoxy groups -OCH3 is 1. The molecule has 3 aromatic carbocycles. The Balaban J connectivity index is 1.83. The minimum atomic E-state index is -4.09. The lowest BCUT2D eigenvalue weighted by Crippen LogP contribution is -2.18. The van der Waals surface area contributed by atoms with Crippen molar-refractivity contribution in [2.24, 2.45) is 5.10 Å². The van der Waals surface area contributed by atoms with E-state index in [9.17, 15) is 13.2 Å². The maximum absolute atomic E-state index is 12.8. The van der Waals surface area contributed by atoms with Gasteiger partial charge in [0, 0.05) is 4.47 Å². The van der Waals surface area contributed by atoms with Crippen molar-refractivity contribution in [3.05, 3.63) is 80.2 Å². The van der Waals surface area contributed by atoms with Gasteiger partial charge < -0.3 is 13.7 Å². The van der Waals surface area contributed by atoms with Crippen LogP contribution in [-0.4, -0.2) is 34.3 Å². The number of nitrogens with zero attached hydrogens (tertiary/aromatic N) is 1. The number of hydrazone groups is 1. The van der Waals surface area contributed by atoms with Crippen molar-refractivity contribution in [1.29, 1.82) is 0 Å². The van der Waals surface area contributed by atoms with E-state index < -0.39 is 16.0 Å². The number of carbonyl (C=O) groups is 1. The minimum Gasteiger partial charge on any atom is -0.496 e. The molecule has 0 aliphatic rings. The molecule has 3 rings (SSSR count). The predicted molar refractivity (Wildman–Crippen MR) is 140 cm³/mol. The van der Waals surface area contributed by atoms with Crippen LogP contribution in [0.25, 0.3) is 0 Å². The largest absolute Gasteiger partial charge is 0.496 e. The third kappa shape index (κ3) is 6.83. The second-order valence-corrected chi connectivity index (χ2v) is 10.5.